The van der Waals surface area contributed by atoms with Crippen molar-refractivity contribution < 1.29 is 19.5 Å². The smallest absolute Gasteiger partial charge is 0.306 e. The maximum Gasteiger partial charge on any atom is 0.306 e. The lowest BCUT2D eigenvalue weighted by atomic mass is 9.85. The van der Waals surface area contributed by atoms with Gasteiger partial charge in [0.25, 0.3) is 11.8 Å². The Labute approximate surface area is 116 Å². The summed E-state index contributed by atoms with van der Waals surface area (Å²) in [7, 11) is 0. The molecule has 1 aromatic carbocycles. The Morgan fingerprint density at radius 1 is 1.10 bits per heavy atom. The molecule has 0 aromatic heterocycles. The van der Waals surface area contributed by atoms with Crippen molar-refractivity contribution in [2.75, 3.05) is 0 Å². The number of carboxylic acid groups (broad SMARTS) is 1. The van der Waals surface area contributed by atoms with Crippen LogP contribution in [0.4, 0.5) is 0 Å². The van der Waals surface area contributed by atoms with Gasteiger partial charge in [-0.15, -0.1) is 0 Å². The van der Waals surface area contributed by atoms with Gasteiger partial charge in [0.15, 0.2) is 0 Å². The van der Waals surface area contributed by atoms with E-state index in [4.69, 9.17) is 5.11 Å². The van der Waals surface area contributed by atoms with Crippen LogP contribution in [0.15, 0.2) is 24.3 Å². The third kappa shape index (κ3) is 1.90. The molecule has 1 saturated carbocycles. The Morgan fingerprint density at radius 3 is 2.25 bits per heavy atom. The fraction of sp³-hybridized carbons (Fsp3) is 0.400. The second-order valence-electron chi connectivity index (χ2n) is 5.38. The summed E-state index contributed by atoms with van der Waals surface area (Å²) in [5, 5.41) is 9.12. The molecule has 2 unspecified atom stereocenters. The maximum atomic E-state index is 12.3. The zero-order valence-corrected chi connectivity index (χ0v) is 10.9. The van der Waals surface area contributed by atoms with Crippen LogP contribution in [-0.4, -0.2) is 33.8 Å². The van der Waals surface area contributed by atoms with Crippen molar-refractivity contribution in [3.63, 3.8) is 0 Å². The summed E-state index contributed by atoms with van der Waals surface area (Å²) in [6.45, 7) is 0. The molecule has 2 atom stereocenters. The number of benzene rings is 1. The number of hydrogen-bond acceptors (Lipinski definition) is 3. The quantitative estimate of drug-likeness (QED) is 0.835. The van der Waals surface area contributed by atoms with E-state index in [0.29, 0.717) is 30.4 Å². The monoisotopic (exact) mass is 273 g/mol. The maximum absolute atomic E-state index is 12.3. The first-order valence-electron chi connectivity index (χ1n) is 6.79. The Hall–Kier alpha value is -2.17. The Balaban J connectivity index is 1.87. The SMILES string of the molecule is O=C(O)C1CCCC(N2C(=O)c3ccccc3C2=O)C1. The first kappa shape index (κ1) is 12.8. The van der Waals surface area contributed by atoms with Crippen molar-refractivity contribution in [1.82, 2.24) is 4.90 Å². The van der Waals surface area contributed by atoms with Gasteiger partial charge in [-0.05, 0) is 31.4 Å². The van der Waals surface area contributed by atoms with E-state index >= 15 is 0 Å². The molecule has 0 saturated heterocycles. The van der Waals surface area contributed by atoms with Gasteiger partial charge in [-0.1, -0.05) is 18.6 Å². The minimum Gasteiger partial charge on any atom is -0.481 e. The number of fused-ring (bicyclic) bond motifs is 1. The average Bonchev–Trinajstić information content (AvgIpc) is 2.72. The fourth-order valence-corrected chi connectivity index (χ4v) is 3.16. The largest absolute Gasteiger partial charge is 0.481 e. The standard InChI is InChI=1S/C15H15NO4/c17-13-11-6-1-2-7-12(11)14(18)16(13)10-5-3-4-9(8-10)15(19)20/h1-2,6-7,9-10H,3-5,8H2,(H,19,20). The van der Waals surface area contributed by atoms with Crippen molar-refractivity contribution in [3.8, 4) is 0 Å². The van der Waals surface area contributed by atoms with Crippen molar-refractivity contribution in [3.05, 3.63) is 35.4 Å². The first-order valence-corrected chi connectivity index (χ1v) is 6.79. The van der Waals surface area contributed by atoms with E-state index < -0.39 is 11.9 Å². The van der Waals surface area contributed by atoms with Crippen molar-refractivity contribution in [2.45, 2.75) is 31.7 Å². The van der Waals surface area contributed by atoms with Crippen LogP contribution in [0.25, 0.3) is 0 Å². The van der Waals surface area contributed by atoms with Crippen LogP contribution in [0.1, 0.15) is 46.4 Å². The molecule has 104 valence electrons. The third-order valence-corrected chi connectivity index (χ3v) is 4.19. The molecule has 3 rings (SSSR count). The number of hydrogen-bond donors (Lipinski definition) is 1. The fourth-order valence-electron chi connectivity index (χ4n) is 3.16. The van der Waals surface area contributed by atoms with Gasteiger partial charge in [-0.25, -0.2) is 0 Å². The summed E-state index contributed by atoms with van der Waals surface area (Å²) in [4.78, 5) is 37.1. The van der Waals surface area contributed by atoms with Gasteiger partial charge in [0.05, 0.1) is 17.0 Å². The molecule has 1 N–H and O–H groups in total. The van der Waals surface area contributed by atoms with E-state index in [1.807, 2.05) is 0 Å². The van der Waals surface area contributed by atoms with E-state index in [1.54, 1.807) is 24.3 Å². The summed E-state index contributed by atoms with van der Waals surface area (Å²) in [6.07, 6.45) is 2.40. The molecule has 5 heteroatoms. The summed E-state index contributed by atoms with van der Waals surface area (Å²) < 4.78 is 0. The van der Waals surface area contributed by atoms with Crippen molar-refractivity contribution in [1.29, 1.82) is 0 Å². The normalized spacial score (nSPS) is 25.7. The third-order valence-electron chi connectivity index (χ3n) is 4.19. The molecule has 1 aliphatic carbocycles. The molecular formula is C15H15NO4. The number of imide groups is 1. The minimum atomic E-state index is -0.841. The van der Waals surface area contributed by atoms with E-state index in [0.717, 1.165) is 6.42 Å². The van der Waals surface area contributed by atoms with Crippen LogP contribution >= 0.6 is 0 Å². The molecule has 0 radical (unpaired) electrons. The highest BCUT2D eigenvalue weighted by molar-refractivity contribution is 6.21. The zero-order chi connectivity index (χ0) is 14.3. The lowest BCUT2D eigenvalue weighted by Gasteiger charge is -2.32. The summed E-state index contributed by atoms with van der Waals surface area (Å²) in [5.74, 6) is -1.88. The number of aliphatic carboxylic acids is 1. The van der Waals surface area contributed by atoms with Gasteiger partial charge in [-0.3, -0.25) is 19.3 Å². The number of amides is 2. The summed E-state index contributed by atoms with van der Waals surface area (Å²) >= 11 is 0. The van der Waals surface area contributed by atoms with Crippen LogP contribution < -0.4 is 0 Å². The van der Waals surface area contributed by atoms with Crippen LogP contribution in [0, 0.1) is 5.92 Å². The van der Waals surface area contributed by atoms with Crippen molar-refractivity contribution >= 4 is 17.8 Å². The summed E-state index contributed by atoms with van der Waals surface area (Å²) in [6, 6.07) is 6.46. The molecular weight excluding hydrogens is 258 g/mol. The number of carbonyl (C=O) groups excluding carboxylic acids is 2. The van der Waals surface area contributed by atoms with E-state index in [9.17, 15) is 14.4 Å². The first-order chi connectivity index (χ1) is 9.59. The summed E-state index contributed by atoms with van der Waals surface area (Å²) in [5.41, 5.74) is 0.852. The number of nitrogens with zero attached hydrogens (tertiary/aromatic N) is 1. The molecule has 1 heterocycles. The van der Waals surface area contributed by atoms with Gasteiger partial charge in [0, 0.05) is 6.04 Å². The van der Waals surface area contributed by atoms with E-state index in [2.05, 4.69) is 0 Å². The van der Waals surface area contributed by atoms with Gasteiger partial charge in [0.1, 0.15) is 0 Å². The minimum absolute atomic E-state index is 0.290. The predicted molar refractivity (Wildman–Crippen MR) is 70.3 cm³/mol. The molecule has 1 aliphatic heterocycles. The second kappa shape index (κ2) is 4.74. The van der Waals surface area contributed by atoms with Crippen molar-refractivity contribution in [2.24, 2.45) is 5.92 Å². The molecule has 2 aliphatic rings. The Bertz CT molecular complexity index is 560. The van der Waals surface area contributed by atoms with E-state index in [1.165, 1.54) is 4.90 Å². The molecule has 0 spiro atoms. The highest BCUT2D eigenvalue weighted by Crippen LogP contribution is 2.33. The second-order valence-corrected chi connectivity index (χ2v) is 5.38. The predicted octanol–water partition coefficient (Wildman–Crippen LogP) is 1.93. The van der Waals surface area contributed by atoms with Crippen LogP contribution in [0.2, 0.25) is 0 Å². The van der Waals surface area contributed by atoms with E-state index in [-0.39, 0.29) is 17.9 Å². The Kier molecular flexibility index (Phi) is 3.04. The average molecular weight is 273 g/mol. The molecule has 0 bridgehead atoms. The number of carbonyl (C=O) groups is 3. The highest BCUT2D eigenvalue weighted by atomic mass is 16.4. The highest BCUT2D eigenvalue weighted by Gasteiger charge is 2.42. The zero-order valence-electron chi connectivity index (χ0n) is 10.9. The van der Waals surface area contributed by atoms with Gasteiger partial charge < -0.3 is 5.11 Å². The Morgan fingerprint density at radius 2 is 1.70 bits per heavy atom. The van der Waals surface area contributed by atoms with Gasteiger partial charge in [-0.2, -0.15) is 0 Å². The molecule has 2 amide bonds. The van der Waals surface area contributed by atoms with Crippen LogP contribution in [0.5, 0.6) is 0 Å². The lowest BCUT2D eigenvalue weighted by Crippen LogP contribution is -2.43. The molecule has 20 heavy (non-hydrogen) atoms. The van der Waals surface area contributed by atoms with Crippen LogP contribution in [0.3, 0.4) is 0 Å². The molecule has 1 fully saturated rings. The van der Waals surface area contributed by atoms with Gasteiger partial charge >= 0.3 is 5.97 Å². The molecule has 5 nitrogen and oxygen atoms in total. The van der Waals surface area contributed by atoms with Gasteiger partial charge in [0.2, 0.25) is 0 Å². The number of carboxylic acids is 1. The lowest BCUT2D eigenvalue weighted by molar-refractivity contribution is -0.143. The number of rotatable bonds is 2. The topological polar surface area (TPSA) is 74.7 Å². The molecule has 1 aromatic rings. The van der Waals surface area contributed by atoms with Crippen LogP contribution in [-0.2, 0) is 4.79 Å².